The van der Waals surface area contributed by atoms with Gasteiger partial charge in [-0.15, -0.1) is 0 Å². The van der Waals surface area contributed by atoms with Crippen molar-refractivity contribution >= 4 is 23.6 Å². The standard InChI is InChI=1S/C14H20ClN3O/c1-10-6-8-18(9-7-10)13(19)5-4-12-11(2)16-17(3)14(12)15/h4-5,10H,6-9H2,1-3H3/b5-4+. The van der Waals surface area contributed by atoms with Crippen molar-refractivity contribution in [3.8, 4) is 0 Å². The lowest BCUT2D eigenvalue weighted by Crippen LogP contribution is -2.36. The van der Waals surface area contributed by atoms with Gasteiger partial charge in [0.1, 0.15) is 5.15 Å². The SMILES string of the molecule is Cc1nn(C)c(Cl)c1/C=C/C(=O)N1CCC(C)CC1. The second-order valence-electron chi connectivity index (χ2n) is 5.25. The third-order valence-electron chi connectivity index (χ3n) is 3.68. The molecule has 2 heterocycles. The molecule has 1 aromatic rings. The number of carbonyl (C=O) groups is 1. The van der Waals surface area contributed by atoms with Crippen molar-refractivity contribution in [3.05, 3.63) is 22.5 Å². The molecule has 1 aliphatic heterocycles. The van der Waals surface area contributed by atoms with Gasteiger partial charge in [-0.1, -0.05) is 18.5 Å². The molecule has 0 saturated carbocycles. The molecular formula is C14H20ClN3O. The average molecular weight is 282 g/mol. The lowest BCUT2D eigenvalue weighted by atomic mass is 9.99. The molecule has 0 N–H and O–H groups in total. The van der Waals surface area contributed by atoms with Crippen LogP contribution in [-0.2, 0) is 11.8 Å². The topological polar surface area (TPSA) is 38.1 Å². The predicted molar refractivity (Wildman–Crippen MR) is 77.0 cm³/mol. The van der Waals surface area contributed by atoms with E-state index in [1.165, 1.54) is 0 Å². The summed E-state index contributed by atoms with van der Waals surface area (Å²) < 4.78 is 1.61. The third kappa shape index (κ3) is 3.18. The van der Waals surface area contributed by atoms with Gasteiger partial charge in [0, 0.05) is 31.8 Å². The minimum atomic E-state index is 0.0613. The van der Waals surface area contributed by atoms with Gasteiger partial charge >= 0.3 is 0 Å². The third-order valence-corrected chi connectivity index (χ3v) is 4.13. The van der Waals surface area contributed by atoms with Crippen LogP contribution >= 0.6 is 11.6 Å². The Kier molecular flexibility index (Phi) is 4.30. The quantitative estimate of drug-likeness (QED) is 0.782. The normalized spacial score (nSPS) is 17.4. The molecule has 2 rings (SSSR count). The first-order chi connectivity index (χ1) is 8.99. The first-order valence-electron chi connectivity index (χ1n) is 6.65. The number of aromatic nitrogens is 2. The predicted octanol–water partition coefficient (Wildman–Crippen LogP) is 2.65. The van der Waals surface area contributed by atoms with E-state index in [1.54, 1.807) is 23.9 Å². The van der Waals surface area contributed by atoms with Crippen molar-refractivity contribution in [1.82, 2.24) is 14.7 Å². The van der Waals surface area contributed by atoms with Gasteiger partial charge in [0.2, 0.25) is 5.91 Å². The Morgan fingerprint density at radius 2 is 2.05 bits per heavy atom. The summed E-state index contributed by atoms with van der Waals surface area (Å²) in [4.78, 5) is 14.0. The van der Waals surface area contributed by atoms with Crippen LogP contribution in [0, 0.1) is 12.8 Å². The molecule has 1 aromatic heterocycles. The largest absolute Gasteiger partial charge is 0.339 e. The summed E-state index contributed by atoms with van der Waals surface area (Å²) in [5.41, 5.74) is 1.66. The number of hydrogen-bond acceptors (Lipinski definition) is 2. The molecule has 1 aliphatic rings. The molecule has 0 radical (unpaired) electrons. The Labute approximate surface area is 119 Å². The number of amides is 1. The van der Waals surface area contributed by atoms with Crippen molar-refractivity contribution in [3.63, 3.8) is 0 Å². The Hall–Kier alpha value is -1.29. The van der Waals surface area contributed by atoms with E-state index in [9.17, 15) is 4.79 Å². The lowest BCUT2D eigenvalue weighted by molar-refractivity contribution is -0.127. The lowest BCUT2D eigenvalue weighted by Gasteiger charge is -2.29. The van der Waals surface area contributed by atoms with Crippen molar-refractivity contribution in [1.29, 1.82) is 0 Å². The monoisotopic (exact) mass is 281 g/mol. The smallest absolute Gasteiger partial charge is 0.246 e. The molecule has 1 amide bonds. The number of aryl methyl sites for hydroxylation is 2. The molecule has 0 unspecified atom stereocenters. The van der Waals surface area contributed by atoms with Crippen molar-refractivity contribution in [2.45, 2.75) is 26.7 Å². The number of hydrogen-bond donors (Lipinski definition) is 0. The maximum atomic E-state index is 12.1. The highest BCUT2D eigenvalue weighted by atomic mass is 35.5. The fourth-order valence-electron chi connectivity index (χ4n) is 2.32. The van der Waals surface area contributed by atoms with Gasteiger partial charge in [0.25, 0.3) is 0 Å². The summed E-state index contributed by atoms with van der Waals surface area (Å²) in [5.74, 6) is 0.786. The first-order valence-corrected chi connectivity index (χ1v) is 7.03. The van der Waals surface area contributed by atoms with Crippen LogP contribution in [0.1, 0.15) is 31.0 Å². The van der Waals surface area contributed by atoms with Crippen LogP contribution in [0.15, 0.2) is 6.08 Å². The minimum Gasteiger partial charge on any atom is -0.339 e. The van der Waals surface area contributed by atoms with Gasteiger partial charge in [0.15, 0.2) is 0 Å². The summed E-state index contributed by atoms with van der Waals surface area (Å²) in [6.07, 6.45) is 5.55. The molecule has 0 bridgehead atoms. The number of nitrogens with zero attached hydrogens (tertiary/aromatic N) is 3. The zero-order valence-corrected chi connectivity index (χ0v) is 12.4. The van der Waals surface area contributed by atoms with Crippen LogP contribution in [0.4, 0.5) is 0 Å². The van der Waals surface area contributed by atoms with Crippen LogP contribution < -0.4 is 0 Å². The van der Waals surface area contributed by atoms with E-state index < -0.39 is 0 Å². The maximum absolute atomic E-state index is 12.1. The summed E-state index contributed by atoms with van der Waals surface area (Å²) in [5, 5.41) is 4.78. The molecule has 0 aromatic carbocycles. The van der Waals surface area contributed by atoms with Crippen LogP contribution in [-0.4, -0.2) is 33.7 Å². The number of rotatable bonds is 2. The highest BCUT2D eigenvalue weighted by molar-refractivity contribution is 6.31. The fourth-order valence-corrected chi connectivity index (χ4v) is 2.56. The van der Waals surface area contributed by atoms with Crippen LogP contribution in [0.25, 0.3) is 6.08 Å². The van der Waals surface area contributed by atoms with E-state index in [2.05, 4.69) is 12.0 Å². The molecule has 19 heavy (non-hydrogen) atoms. The van der Waals surface area contributed by atoms with Gasteiger partial charge < -0.3 is 4.90 Å². The molecule has 1 saturated heterocycles. The second-order valence-corrected chi connectivity index (χ2v) is 5.61. The number of likely N-dealkylation sites (tertiary alicyclic amines) is 1. The van der Waals surface area contributed by atoms with Gasteiger partial charge in [-0.25, -0.2) is 0 Å². The van der Waals surface area contributed by atoms with Crippen molar-refractivity contribution in [2.24, 2.45) is 13.0 Å². The molecule has 1 fully saturated rings. The Morgan fingerprint density at radius 1 is 1.42 bits per heavy atom. The van der Waals surface area contributed by atoms with Crippen molar-refractivity contribution in [2.75, 3.05) is 13.1 Å². The Morgan fingerprint density at radius 3 is 2.58 bits per heavy atom. The zero-order valence-electron chi connectivity index (χ0n) is 11.7. The van der Waals surface area contributed by atoms with E-state index in [0.29, 0.717) is 5.15 Å². The number of carbonyl (C=O) groups excluding carboxylic acids is 1. The summed E-state index contributed by atoms with van der Waals surface area (Å²) in [7, 11) is 1.79. The molecule has 0 aliphatic carbocycles. The van der Waals surface area contributed by atoms with Crippen molar-refractivity contribution < 1.29 is 4.79 Å². The molecule has 0 atom stereocenters. The van der Waals surface area contributed by atoms with Gasteiger partial charge in [-0.2, -0.15) is 5.10 Å². The van der Waals surface area contributed by atoms with Gasteiger partial charge in [-0.3, -0.25) is 9.48 Å². The summed E-state index contributed by atoms with van der Waals surface area (Å²) in [6.45, 7) is 5.82. The second kappa shape index (κ2) is 5.78. The van der Waals surface area contributed by atoms with E-state index >= 15 is 0 Å². The Balaban J connectivity index is 2.04. The van der Waals surface area contributed by atoms with Crippen LogP contribution in [0.2, 0.25) is 5.15 Å². The molecule has 4 nitrogen and oxygen atoms in total. The van der Waals surface area contributed by atoms with E-state index in [0.717, 1.165) is 43.1 Å². The number of halogens is 1. The van der Waals surface area contributed by atoms with Gasteiger partial charge in [-0.05, 0) is 31.8 Å². The van der Waals surface area contributed by atoms with E-state index in [4.69, 9.17) is 11.6 Å². The summed E-state index contributed by atoms with van der Waals surface area (Å²) >= 11 is 6.13. The highest BCUT2D eigenvalue weighted by Crippen LogP contribution is 2.21. The van der Waals surface area contributed by atoms with E-state index in [1.807, 2.05) is 11.8 Å². The molecular weight excluding hydrogens is 262 g/mol. The van der Waals surface area contributed by atoms with Crippen LogP contribution in [0.5, 0.6) is 0 Å². The molecule has 5 heteroatoms. The minimum absolute atomic E-state index is 0.0613. The zero-order chi connectivity index (χ0) is 14.0. The molecule has 104 valence electrons. The maximum Gasteiger partial charge on any atom is 0.246 e. The number of piperidine rings is 1. The first kappa shape index (κ1) is 14.1. The van der Waals surface area contributed by atoms with Crippen LogP contribution in [0.3, 0.4) is 0 Å². The van der Waals surface area contributed by atoms with Gasteiger partial charge in [0.05, 0.1) is 5.69 Å². The molecule has 0 spiro atoms. The van der Waals surface area contributed by atoms with E-state index in [-0.39, 0.29) is 5.91 Å². The highest BCUT2D eigenvalue weighted by Gasteiger charge is 2.18. The Bertz CT molecular complexity index is 499. The average Bonchev–Trinajstić information content (AvgIpc) is 2.62. The summed E-state index contributed by atoms with van der Waals surface area (Å²) in [6, 6.07) is 0. The fraction of sp³-hybridized carbons (Fsp3) is 0.571.